The normalized spacial score (nSPS) is 11.9. The number of halogens is 1. The van der Waals surface area contributed by atoms with Gasteiger partial charge < -0.3 is 4.74 Å². The quantitative estimate of drug-likeness (QED) is 0.782. The van der Waals surface area contributed by atoms with Crippen molar-refractivity contribution in [2.24, 2.45) is 0 Å². The minimum Gasteiger partial charge on any atom is -0.496 e. The molecule has 0 saturated carbocycles. The Bertz CT molecular complexity index is 395. The highest BCUT2D eigenvalue weighted by atomic mass is 35.5. The first kappa shape index (κ1) is 11.9. The Hall–Kier alpha value is -1.20. The van der Waals surface area contributed by atoms with Crippen molar-refractivity contribution in [2.45, 2.75) is 26.2 Å². The van der Waals surface area contributed by atoms with Crippen LogP contribution in [0.2, 0.25) is 5.02 Å². The van der Waals surface area contributed by atoms with Crippen LogP contribution >= 0.6 is 11.6 Å². The van der Waals surface area contributed by atoms with Gasteiger partial charge in [0.15, 0.2) is 0 Å². The van der Waals surface area contributed by atoms with E-state index in [1.165, 1.54) is 0 Å². The first-order valence-corrected chi connectivity index (χ1v) is 5.29. The maximum absolute atomic E-state index is 9.07. The fraction of sp³-hybridized carbons (Fsp3) is 0.417. The molecule has 0 heterocycles. The zero-order valence-corrected chi connectivity index (χ0v) is 9.93. The van der Waals surface area contributed by atoms with Gasteiger partial charge in [0.1, 0.15) is 11.8 Å². The summed E-state index contributed by atoms with van der Waals surface area (Å²) in [5.74, 6) is 1.01. The van der Waals surface area contributed by atoms with Gasteiger partial charge in [0, 0.05) is 5.56 Å². The number of hydrogen-bond donors (Lipinski definition) is 0. The summed E-state index contributed by atoms with van der Waals surface area (Å²) in [5, 5.41) is 9.57. The second-order valence-corrected chi connectivity index (χ2v) is 3.87. The van der Waals surface area contributed by atoms with Gasteiger partial charge >= 0.3 is 0 Å². The lowest BCUT2D eigenvalue weighted by molar-refractivity contribution is 0.405. The van der Waals surface area contributed by atoms with E-state index in [9.17, 15) is 0 Å². The average molecular weight is 224 g/mol. The predicted molar refractivity (Wildman–Crippen MR) is 61.4 cm³/mol. The third-order valence-electron chi connectivity index (χ3n) is 2.59. The van der Waals surface area contributed by atoms with Crippen molar-refractivity contribution in [1.29, 1.82) is 5.26 Å². The summed E-state index contributed by atoms with van der Waals surface area (Å²) in [4.78, 5) is 0. The van der Waals surface area contributed by atoms with Crippen molar-refractivity contribution in [3.63, 3.8) is 0 Å². The van der Waals surface area contributed by atoms with E-state index < -0.39 is 0 Å². The summed E-state index contributed by atoms with van der Waals surface area (Å²) in [6.45, 7) is 4.14. The van der Waals surface area contributed by atoms with Gasteiger partial charge in [-0.05, 0) is 24.5 Å². The van der Waals surface area contributed by atoms with Gasteiger partial charge in [-0.1, -0.05) is 25.4 Å². The lowest BCUT2D eigenvalue weighted by Gasteiger charge is -2.16. The second-order valence-electron chi connectivity index (χ2n) is 3.46. The van der Waals surface area contributed by atoms with Gasteiger partial charge in [-0.25, -0.2) is 0 Å². The Morgan fingerprint density at radius 1 is 1.53 bits per heavy atom. The Kier molecular flexibility index (Phi) is 3.99. The Balaban J connectivity index is 3.42. The molecule has 1 aromatic rings. The molecule has 0 aromatic heterocycles. The minimum absolute atomic E-state index is 0.272. The van der Waals surface area contributed by atoms with Crippen molar-refractivity contribution in [3.8, 4) is 11.8 Å². The molecule has 0 radical (unpaired) electrons. The summed E-state index contributed by atoms with van der Waals surface area (Å²) >= 11 is 5.98. The highest BCUT2D eigenvalue weighted by molar-refractivity contribution is 6.31. The molecule has 0 aliphatic rings. The van der Waals surface area contributed by atoms with E-state index in [-0.39, 0.29) is 5.92 Å². The molecule has 0 saturated heterocycles. The van der Waals surface area contributed by atoms with Crippen molar-refractivity contribution < 1.29 is 4.74 Å². The topological polar surface area (TPSA) is 33.0 Å². The number of ether oxygens (including phenoxy) is 1. The first-order chi connectivity index (χ1) is 7.15. The lowest BCUT2D eigenvalue weighted by Crippen LogP contribution is -2.00. The molecular formula is C12H14ClNO. The third-order valence-corrected chi connectivity index (χ3v) is 2.91. The predicted octanol–water partition coefficient (Wildman–Crippen LogP) is 3.73. The maximum atomic E-state index is 9.07. The molecule has 15 heavy (non-hydrogen) atoms. The first-order valence-electron chi connectivity index (χ1n) is 4.92. The third kappa shape index (κ3) is 2.24. The zero-order chi connectivity index (χ0) is 11.4. The molecule has 1 aromatic carbocycles. The summed E-state index contributed by atoms with van der Waals surface area (Å²) in [5.41, 5.74) is 1.44. The van der Waals surface area contributed by atoms with Gasteiger partial charge in [-0.3, -0.25) is 0 Å². The van der Waals surface area contributed by atoms with Gasteiger partial charge in [-0.15, -0.1) is 0 Å². The van der Waals surface area contributed by atoms with E-state index >= 15 is 0 Å². The SMILES string of the molecule is CCC(C)c1c(OC)ccc(Cl)c1C#N. The minimum atomic E-state index is 0.272. The van der Waals surface area contributed by atoms with Crippen LogP contribution in [0.25, 0.3) is 0 Å². The van der Waals surface area contributed by atoms with E-state index in [2.05, 4.69) is 19.9 Å². The number of rotatable bonds is 3. The number of nitrogens with zero attached hydrogens (tertiary/aromatic N) is 1. The van der Waals surface area contributed by atoms with Crippen LogP contribution in [-0.2, 0) is 0 Å². The van der Waals surface area contributed by atoms with Crippen LogP contribution in [0, 0.1) is 11.3 Å². The van der Waals surface area contributed by atoms with Gasteiger partial charge in [0.05, 0.1) is 17.7 Å². The van der Waals surface area contributed by atoms with Gasteiger partial charge in [-0.2, -0.15) is 5.26 Å². The van der Waals surface area contributed by atoms with Crippen LogP contribution in [0.1, 0.15) is 37.3 Å². The van der Waals surface area contributed by atoms with Crippen LogP contribution in [0.3, 0.4) is 0 Å². The molecule has 0 bridgehead atoms. The summed E-state index contributed by atoms with van der Waals surface area (Å²) in [6.07, 6.45) is 0.950. The molecule has 0 amide bonds. The van der Waals surface area contributed by atoms with Gasteiger partial charge in [0.25, 0.3) is 0 Å². The molecule has 80 valence electrons. The molecule has 1 atom stereocenters. The molecule has 3 heteroatoms. The molecule has 0 aliphatic carbocycles. The number of hydrogen-bond acceptors (Lipinski definition) is 2. The Morgan fingerprint density at radius 2 is 2.20 bits per heavy atom. The molecule has 0 fully saturated rings. The van der Waals surface area contributed by atoms with Crippen molar-refractivity contribution >= 4 is 11.6 Å². The van der Waals surface area contributed by atoms with E-state index in [0.717, 1.165) is 17.7 Å². The molecule has 1 rings (SSSR count). The van der Waals surface area contributed by atoms with Crippen LogP contribution in [0.4, 0.5) is 0 Å². The average Bonchev–Trinajstić information content (AvgIpc) is 2.27. The Morgan fingerprint density at radius 3 is 2.67 bits per heavy atom. The smallest absolute Gasteiger partial charge is 0.123 e. The molecule has 2 nitrogen and oxygen atoms in total. The number of methoxy groups -OCH3 is 1. The molecule has 1 unspecified atom stereocenters. The van der Waals surface area contributed by atoms with Crippen molar-refractivity contribution in [2.75, 3.05) is 7.11 Å². The van der Waals surface area contributed by atoms with Crippen molar-refractivity contribution in [1.82, 2.24) is 0 Å². The van der Waals surface area contributed by atoms with E-state index in [4.69, 9.17) is 21.6 Å². The molecular weight excluding hydrogens is 210 g/mol. The van der Waals surface area contributed by atoms with Crippen LogP contribution in [-0.4, -0.2) is 7.11 Å². The monoisotopic (exact) mass is 223 g/mol. The van der Waals surface area contributed by atoms with Crippen LogP contribution in [0.5, 0.6) is 5.75 Å². The van der Waals surface area contributed by atoms with Crippen LogP contribution in [0.15, 0.2) is 12.1 Å². The summed E-state index contributed by atoms with van der Waals surface area (Å²) < 4.78 is 5.26. The maximum Gasteiger partial charge on any atom is 0.123 e. The van der Waals surface area contributed by atoms with Gasteiger partial charge in [0.2, 0.25) is 0 Å². The standard InChI is InChI=1S/C12H14ClNO/c1-4-8(2)12-9(7-14)10(13)5-6-11(12)15-3/h5-6,8H,4H2,1-3H3. The summed E-state index contributed by atoms with van der Waals surface area (Å²) in [6, 6.07) is 5.65. The van der Waals surface area contributed by atoms with E-state index in [0.29, 0.717) is 10.6 Å². The molecule has 0 spiro atoms. The second kappa shape index (κ2) is 5.04. The molecule has 0 aliphatic heterocycles. The number of benzene rings is 1. The number of nitriles is 1. The Labute approximate surface area is 95.4 Å². The highest BCUT2D eigenvalue weighted by Crippen LogP contribution is 2.35. The lowest BCUT2D eigenvalue weighted by atomic mass is 9.93. The molecule has 0 N–H and O–H groups in total. The zero-order valence-electron chi connectivity index (χ0n) is 9.17. The largest absolute Gasteiger partial charge is 0.496 e. The fourth-order valence-corrected chi connectivity index (χ4v) is 1.77. The van der Waals surface area contributed by atoms with Crippen molar-refractivity contribution in [3.05, 3.63) is 28.3 Å². The summed E-state index contributed by atoms with van der Waals surface area (Å²) in [7, 11) is 1.61. The van der Waals surface area contributed by atoms with Crippen LogP contribution < -0.4 is 4.74 Å². The fourth-order valence-electron chi connectivity index (χ4n) is 1.56. The highest BCUT2D eigenvalue weighted by Gasteiger charge is 2.17. The van der Waals surface area contributed by atoms with E-state index in [1.807, 2.05) is 6.07 Å². The van der Waals surface area contributed by atoms with E-state index in [1.54, 1.807) is 13.2 Å².